The maximum absolute atomic E-state index is 8.88. The molecule has 0 aromatic carbocycles. The van der Waals surface area contributed by atoms with Crippen LogP contribution in [0.4, 0.5) is 0 Å². The van der Waals surface area contributed by atoms with Crippen LogP contribution >= 0.6 is 19.4 Å². The minimum atomic E-state index is -4.64. The fraction of sp³-hybridized carbons (Fsp3) is 1.00. The summed E-state index contributed by atoms with van der Waals surface area (Å²) in [6, 6.07) is 0. The van der Waals surface area contributed by atoms with Crippen molar-refractivity contribution in [2.24, 2.45) is 0 Å². The van der Waals surface area contributed by atoms with Crippen LogP contribution in [0.5, 0.6) is 0 Å². The van der Waals surface area contributed by atoms with Crippen LogP contribution in [0.1, 0.15) is 6.92 Å². The number of aliphatic hydroxyl groups excluding tert-OH is 1. The second-order valence-electron chi connectivity index (χ2n) is 1.09. The van der Waals surface area contributed by atoms with Crippen LogP contribution in [0.2, 0.25) is 0 Å². The number of halogens is 1. The molecule has 0 fully saturated rings. The summed E-state index contributed by atoms with van der Waals surface area (Å²) < 4.78 is 8.88. The van der Waals surface area contributed by atoms with Crippen molar-refractivity contribution in [2.75, 3.05) is 0 Å². The van der Waals surface area contributed by atoms with E-state index >= 15 is 0 Å². The lowest BCUT2D eigenvalue weighted by Gasteiger charge is -1.82. The Bertz CT molecular complexity index is 86.1. The first kappa shape index (κ1) is 12.1. The van der Waals surface area contributed by atoms with Crippen molar-refractivity contribution in [1.82, 2.24) is 0 Å². The molecular weight excluding hydrogens is 170 g/mol. The molecule has 0 bridgehead atoms. The summed E-state index contributed by atoms with van der Waals surface area (Å²) in [6.45, 7) is 1.49. The van der Waals surface area contributed by atoms with Crippen molar-refractivity contribution in [2.45, 2.75) is 12.5 Å². The van der Waals surface area contributed by atoms with E-state index < -0.39 is 13.4 Å². The lowest BCUT2D eigenvalue weighted by molar-refractivity contribution is 0.275. The molecule has 0 aliphatic heterocycles. The largest absolute Gasteiger partial charge is 0.466 e. The van der Waals surface area contributed by atoms with Gasteiger partial charge in [-0.1, -0.05) is 11.6 Å². The molecule has 0 rings (SSSR count). The second-order valence-corrected chi connectivity index (χ2v) is 2.75. The quantitative estimate of drug-likeness (QED) is 0.300. The van der Waals surface area contributed by atoms with E-state index in [-0.39, 0.29) is 0 Å². The van der Waals surface area contributed by atoms with Crippen LogP contribution in [0, 0.1) is 0 Å². The zero-order chi connectivity index (χ0) is 8.08. The summed E-state index contributed by atoms with van der Waals surface area (Å²) in [5.41, 5.74) is -0.694. The summed E-state index contributed by atoms with van der Waals surface area (Å²) >= 11 is 4.83. The maximum atomic E-state index is 8.88. The van der Waals surface area contributed by atoms with Gasteiger partial charge >= 0.3 is 7.82 Å². The molecule has 1 atom stereocenters. The first-order chi connectivity index (χ1) is 3.73. The predicted molar refractivity (Wildman–Crippen MR) is 31.8 cm³/mol. The molecule has 0 aliphatic carbocycles. The highest BCUT2D eigenvalue weighted by Gasteiger charge is 2.00. The molecule has 0 amide bonds. The molecule has 5 nitrogen and oxygen atoms in total. The van der Waals surface area contributed by atoms with Crippen molar-refractivity contribution in [1.29, 1.82) is 0 Å². The van der Waals surface area contributed by atoms with Crippen LogP contribution in [-0.4, -0.2) is 25.3 Å². The van der Waals surface area contributed by atoms with Crippen molar-refractivity contribution >= 4 is 19.4 Å². The van der Waals surface area contributed by atoms with Crippen molar-refractivity contribution in [3.05, 3.63) is 0 Å². The number of hydrogen-bond acceptors (Lipinski definition) is 2. The Morgan fingerprint density at radius 3 is 1.44 bits per heavy atom. The van der Waals surface area contributed by atoms with E-state index in [1.54, 1.807) is 0 Å². The van der Waals surface area contributed by atoms with Crippen LogP contribution in [0.3, 0.4) is 0 Å². The number of rotatable bonds is 0. The maximum Gasteiger partial charge on any atom is 0.466 e. The number of hydrogen-bond donors (Lipinski definition) is 4. The number of aliphatic hydroxyl groups is 1. The zero-order valence-corrected chi connectivity index (χ0v) is 6.25. The summed E-state index contributed by atoms with van der Waals surface area (Å²) in [7, 11) is -4.64. The van der Waals surface area contributed by atoms with Gasteiger partial charge in [0, 0.05) is 0 Å². The van der Waals surface area contributed by atoms with Gasteiger partial charge in [-0.25, -0.2) is 4.57 Å². The van der Waals surface area contributed by atoms with Crippen LogP contribution in [0.25, 0.3) is 0 Å². The Morgan fingerprint density at radius 1 is 1.44 bits per heavy atom. The van der Waals surface area contributed by atoms with Gasteiger partial charge in [0.1, 0.15) is 5.56 Å². The molecule has 0 saturated carbocycles. The number of phosphoric acid groups is 1. The molecule has 7 heteroatoms. The average Bonchev–Trinajstić information content (AvgIpc) is 1.19. The zero-order valence-electron chi connectivity index (χ0n) is 4.60. The van der Waals surface area contributed by atoms with E-state index in [0.29, 0.717) is 0 Å². The summed E-state index contributed by atoms with van der Waals surface area (Å²) in [5, 5.41) is 7.82. The molecule has 0 aromatic rings. The van der Waals surface area contributed by atoms with Crippen molar-refractivity contribution < 1.29 is 24.4 Å². The van der Waals surface area contributed by atoms with Gasteiger partial charge in [-0.05, 0) is 6.92 Å². The molecule has 1 unspecified atom stereocenters. The van der Waals surface area contributed by atoms with E-state index in [1.165, 1.54) is 6.92 Å². The molecule has 0 aliphatic rings. The molecule has 9 heavy (non-hydrogen) atoms. The third-order valence-corrected chi connectivity index (χ3v) is 0. The fourth-order valence-electron chi connectivity index (χ4n) is 0. The lowest BCUT2D eigenvalue weighted by atomic mass is 10.9. The highest BCUT2D eigenvalue weighted by atomic mass is 35.5. The predicted octanol–water partition coefficient (Wildman–Crippen LogP) is -0.365. The molecule has 0 aromatic heterocycles. The standard InChI is InChI=1S/C2H5ClO.H3O4P/c1-2(3)4;1-5(2,3)4/h2,4H,1H3;(H3,1,2,3,4). The summed E-state index contributed by atoms with van der Waals surface area (Å²) in [6.07, 6.45) is 0. The van der Waals surface area contributed by atoms with Crippen molar-refractivity contribution in [3.8, 4) is 0 Å². The first-order valence-electron chi connectivity index (χ1n) is 1.84. The monoisotopic (exact) mass is 178 g/mol. The SMILES string of the molecule is CC(O)Cl.O=P(O)(O)O. The summed E-state index contributed by atoms with van der Waals surface area (Å²) in [5.74, 6) is 0. The Kier molecular flexibility index (Phi) is 6.94. The summed E-state index contributed by atoms with van der Waals surface area (Å²) in [4.78, 5) is 21.6. The van der Waals surface area contributed by atoms with E-state index in [0.717, 1.165) is 0 Å². The van der Waals surface area contributed by atoms with E-state index in [4.69, 9.17) is 36.0 Å². The molecular formula is C2H8ClO5P. The molecule has 4 N–H and O–H groups in total. The number of alkyl halides is 1. The molecule has 0 saturated heterocycles. The van der Waals surface area contributed by atoms with Gasteiger partial charge in [-0.2, -0.15) is 0 Å². The van der Waals surface area contributed by atoms with E-state index in [2.05, 4.69) is 0 Å². The van der Waals surface area contributed by atoms with Gasteiger partial charge in [0.25, 0.3) is 0 Å². The average molecular weight is 179 g/mol. The minimum absolute atomic E-state index is 0.694. The normalized spacial score (nSPS) is 13.6. The van der Waals surface area contributed by atoms with E-state index in [9.17, 15) is 0 Å². The smallest absolute Gasteiger partial charge is 0.378 e. The van der Waals surface area contributed by atoms with Crippen LogP contribution in [-0.2, 0) is 4.57 Å². The Labute approximate surface area is 57.1 Å². The molecule has 0 spiro atoms. The molecule has 58 valence electrons. The van der Waals surface area contributed by atoms with Gasteiger partial charge in [0.05, 0.1) is 0 Å². The minimum Gasteiger partial charge on any atom is -0.378 e. The van der Waals surface area contributed by atoms with Gasteiger partial charge in [0.2, 0.25) is 0 Å². The fourth-order valence-corrected chi connectivity index (χ4v) is 0. The van der Waals surface area contributed by atoms with Gasteiger partial charge in [-0.3, -0.25) is 0 Å². The van der Waals surface area contributed by atoms with Crippen LogP contribution in [0.15, 0.2) is 0 Å². The third kappa shape index (κ3) is 2610. The van der Waals surface area contributed by atoms with Crippen LogP contribution < -0.4 is 0 Å². The molecule has 0 heterocycles. The van der Waals surface area contributed by atoms with E-state index in [1.807, 2.05) is 0 Å². The lowest BCUT2D eigenvalue weighted by Crippen LogP contribution is -1.79. The van der Waals surface area contributed by atoms with Gasteiger partial charge < -0.3 is 19.8 Å². The highest BCUT2D eigenvalue weighted by molar-refractivity contribution is 7.45. The third-order valence-electron chi connectivity index (χ3n) is 0. The van der Waals surface area contributed by atoms with Gasteiger partial charge in [0.15, 0.2) is 0 Å². The second kappa shape index (κ2) is 5.17. The topological polar surface area (TPSA) is 98.0 Å². The Morgan fingerprint density at radius 2 is 1.44 bits per heavy atom. The Hall–Kier alpha value is 0.360. The molecule has 0 radical (unpaired) electrons. The highest BCUT2D eigenvalue weighted by Crippen LogP contribution is 2.25. The van der Waals surface area contributed by atoms with Crippen molar-refractivity contribution in [3.63, 3.8) is 0 Å². The van der Waals surface area contributed by atoms with Gasteiger partial charge in [-0.15, -0.1) is 0 Å². The first-order valence-corrected chi connectivity index (χ1v) is 3.84. The Balaban J connectivity index is 0.